The van der Waals surface area contributed by atoms with Gasteiger partial charge in [-0.3, -0.25) is 19.2 Å². The number of halogens is 2. The summed E-state index contributed by atoms with van der Waals surface area (Å²) < 4.78 is 8.38. The lowest BCUT2D eigenvalue weighted by atomic mass is 9.83. The molecule has 0 aliphatic carbocycles. The Balaban J connectivity index is 1.37. The normalized spacial score (nSPS) is 16.8. The molecule has 5 rings (SSSR count). The summed E-state index contributed by atoms with van der Waals surface area (Å²) in [5.41, 5.74) is 2.61. The number of hydrogen-bond acceptors (Lipinski definition) is 9. The number of carboxylic acid groups (broad SMARTS) is 1. The average Bonchev–Trinajstić information content (AvgIpc) is 3.57. The van der Waals surface area contributed by atoms with Gasteiger partial charge in [-0.25, -0.2) is 4.98 Å². The zero-order valence-corrected chi connectivity index (χ0v) is 37.1. The molecular weight excluding hydrogens is 821 g/mol. The summed E-state index contributed by atoms with van der Waals surface area (Å²) in [7, 11) is 5.93. The number of ether oxygens (including phenoxy) is 1. The summed E-state index contributed by atoms with van der Waals surface area (Å²) in [5, 5.41) is 30.5. The molecule has 1 fully saturated rings. The van der Waals surface area contributed by atoms with Crippen LogP contribution in [-0.4, -0.2) is 105 Å². The molecule has 3 aromatic carbocycles. The van der Waals surface area contributed by atoms with Crippen molar-refractivity contribution in [1.82, 2.24) is 35.3 Å². The van der Waals surface area contributed by atoms with E-state index in [0.29, 0.717) is 53.0 Å². The predicted molar refractivity (Wildman–Crippen MR) is 235 cm³/mol. The second-order valence-corrected chi connectivity index (χ2v) is 17.3. The highest BCUT2D eigenvalue weighted by Crippen LogP contribution is 2.32. The number of amides is 3. The monoisotopic (exact) mass is 877 g/mol. The number of carboxylic acids is 1. The first-order chi connectivity index (χ1) is 29.0. The van der Waals surface area contributed by atoms with Gasteiger partial charge in [0.1, 0.15) is 29.4 Å². The third kappa shape index (κ3) is 12.5. The molecule has 4 atom stereocenters. The van der Waals surface area contributed by atoms with Gasteiger partial charge >= 0.3 is 5.97 Å². The van der Waals surface area contributed by atoms with Gasteiger partial charge in [0.25, 0.3) is 0 Å². The molecule has 1 aliphatic rings. The molecule has 14 nitrogen and oxygen atoms in total. The number of aliphatic hydroxyl groups is 1. The number of hydrogen-bond donors (Lipinski definition) is 5. The van der Waals surface area contributed by atoms with Crippen molar-refractivity contribution in [3.63, 3.8) is 0 Å². The van der Waals surface area contributed by atoms with Crippen molar-refractivity contribution < 1.29 is 34.1 Å². The van der Waals surface area contributed by atoms with Crippen molar-refractivity contribution in [2.45, 2.75) is 77.2 Å². The average molecular weight is 879 g/mol. The van der Waals surface area contributed by atoms with Crippen molar-refractivity contribution in [2.24, 2.45) is 18.9 Å². The van der Waals surface area contributed by atoms with E-state index in [1.165, 1.54) is 11.8 Å². The van der Waals surface area contributed by atoms with E-state index in [4.69, 9.17) is 27.9 Å². The number of carbonyl (C=O) groups excluding carboxylic acids is 3. The summed E-state index contributed by atoms with van der Waals surface area (Å²) in [6.07, 6.45) is 3.40. The number of imidazole rings is 1. The van der Waals surface area contributed by atoms with Crippen LogP contribution < -0.4 is 20.7 Å². The lowest BCUT2D eigenvalue weighted by Crippen LogP contribution is -2.63. The lowest BCUT2D eigenvalue weighted by Gasteiger charge is -2.40. The molecule has 0 spiro atoms. The highest BCUT2D eigenvalue weighted by Gasteiger charge is 2.38. The maximum absolute atomic E-state index is 14.2. The van der Waals surface area contributed by atoms with Gasteiger partial charge in [0.2, 0.25) is 17.7 Å². The van der Waals surface area contributed by atoms with Gasteiger partial charge in [-0.2, -0.15) is 0 Å². The summed E-state index contributed by atoms with van der Waals surface area (Å²) in [4.78, 5) is 62.2. The van der Waals surface area contributed by atoms with E-state index >= 15 is 0 Å². The highest BCUT2D eigenvalue weighted by molar-refractivity contribution is 6.31. The van der Waals surface area contributed by atoms with Gasteiger partial charge in [0, 0.05) is 41.2 Å². The third-order valence-electron chi connectivity index (χ3n) is 11.1. The number of aliphatic carboxylic acids is 1. The number of aromatic nitrogens is 2. The fraction of sp³-hybridized carbons (Fsp3) is 0.444. The first-order valence-corrected chi connectivity index (χ1v) is 21.2. The Morgan fingerprint density at radius 3 is 2.26 bits per heavy atom. The zero-order valence-electron chi connectivity index (χ0n) is 35.6. The van der Waals surface area contributed by atoms with Crippen LogP contribution in [0.1, 0.15) is 57.0 Å². The second-order valence-electron chi connectivity index (χ2n) is 16.4. The van der Waals surface area contributed by atoms with Crippen molar-refractivity contribution in [3.05, 3.63) is 99.9 Å². The van der Waals surface area contributed by atoms with Crippen LogP contribution in [0.2, 0.25) is 10.0 Å². The molecule has 0 bridgehead atoms. The number of nitrogens with zero attached hydrogens (tertiary/aromatic N) is 4. The van der Waals surface area contributed by atoms with E-state index < -0.39 is 53.8 Å². The van der Waals surface area contributed by atoms with E-state index in [-0.39, 0.29) is 18.9 Å². The van der Waals surface area contributed by atoms with Crippen LogP contribution in [0.5, 0.6) is 11.5 Å². The molecule has 3 amide bonds. The van der Waals surface area contributed by atoms with Gasteiger partial charge in [-0.05, 0) is 107 Å². The SMILES string of the molecule is CC(C)C(CC(=O)N(Cc1ccc(Cl)cc1Oc1ccc(-c2cnc(CN(C)C)n2C)cc1)C(C)C(=O)NC(CO)C(=O)NC1(Cc2ccc(Cl)cc2)CCCNC1)C(=O)O. The summed E-state index contributed by atoms with van der Waals surface area (Å²) in [6.45, 7) is 6.00. The minimum atomic E-state index is -1.35. The van der Waals surface area contributed by atoms with E-state index in [0.717, 1.165) is 35.6 Å². The van der Waals surface area contributed by atoms with E-state index in [1.807, 2.05) is 61.1 Å². The maximum Gasteiger partial charge on any atom is 0.307 e. The molecule has 5 N–H and O–H groups in total. The highest BCUT2D eigenvalue weighted by atomic mass is 35.5. The second kappa shape index (κ2) is 21.2. The molecule has 1 aromatic heterocycles. The molecule has 328 valence electrons. The number of nitrogens with one attached hydrogen (secondary N) is 3. The minimum Gasteiger partial charge on any atom is -0.481 e. The Bertz CT molecular complexity index is 2140. The van der Waals surface area contributed by atoms with E-state index in [9.17, 15) is 29.4 Å². The summed E-state index contributed by atoms with van der Waals surface area (Å²) >= 11 is 12.6. The fourth-order valence-electron chi connectivity index (χ4n) is 7.50. The molecule has 0 saturated carbocycles. The van der Waals surface area contributed by atoms with E-state index in [2.05, 4.69) is 20.9 Å². The van der Waals surface area contributed by atoms with Crippen molar-refractivity contribution in [2.75, 3.05) is 33.8 Å². The topological polar surface area (TPSA) is 178 Å². The van der Waals surface area contributed by atoms with Crippen LogP contribution >= 0.6 is 23.2 Å². The summed E-state index contributed by atoms with van der Waals surface area (Å²) in [5.74, 6) is -2.73. The quantitative estimate of drug-likeness (QED) is 0.0789. The number of carbonyl (C=O) groups is 4. The molecule has 4 aromatic rings. The molecule has 61 heavy (non-hydrogen) atoms. The Hall–Kier alpha value is -4.99. The molecule has 2 heterocycles. The van der Waals surface area contributed by atoms with E-state index in [1.54, 1.807) is 56.3 Å². The fourth-order valence-corrected chi connectivity index (χ4v) is 7.79. The van der Waals surface area contributed by atoms with Gasteiger partial charge in [0.15, 0.2) is 0 Å². The van der Waals surface area contributed by atoms with Gasteiger partial charge < -0.3 is 45.3 Å². The zero-order chi connectivity index (χ0) is 44.4. The van der Waals surface area contributed by atoms with Crippen LogP contribution in [0.3, 0.4) is 0 Å². The minimum absolute atomic E-state index is 0.169. The molecule has 4 unspecified atom stereocenters. The first kappa shape index (κ1) is 47.1. The first-order valence-electron chi connectivity index (χ1n) is 20.4. The molecule has 1 saturated heterocycles. The Labute approximate surface area is 367 Å². The molecule has 0 radical (unpaired) electrons. The lowest BCUT2D eigenvalue weighted by molar-refractivity contribution is -0.149. The number of benzene rings is 3. The molecular formula is C45H57Cl2N7O7. The van der Waals surface area contributed by atoms with Gasteiger partial charge in [0.05, 0.1) is 43.0 Å². The van der Waals surface area contributed by atoms with Crippen molar-refractivity contribution in [3.8, 4) is 22.8 Å². The van der Waals surface area contributed by atoms with Crippen molar-refractivity contribution in [1.29, 1.82) is 0 Å². The van der Waals surface area contributed by atoms with Crippen molar-refractivity contribution >= 4 is 46.9 Å². The standard InChI is InChI=1S/C45H57Cl2N7O7/c1-28(2)36(44(59)60)21-41(56)54(29(3)42(57)50-37(26-55)43(58)51-45(18-7-19-48-27-45)22-30-8-13-33(46)14-9-30)24-32-10-15-34(47)20-39(32)61-35-16-11-31(12-17-35)38-23-49-40(53(38)6)25-52(4)5/h8-17,20,23,28-29,36-37,48,55H,7,18-19,21-22,24-27H2,1-6H3,(H,50,57)(H,51,58)(H,59,60). The molecule has 1 aliphatic heterocycles. The largest absolute Gasteiger partial charge is 0.481 e. The third-order valence-corrected chi connectivity index (χ3v) is 11.6. The van der Waals surface area contributed by atoms with Gasteiger partial charge in [-0.1, -0.05) is 55.2 Å². The predicted octanol–water partition coefficient (Wildman–Crippen LogP) is 5.67. The van der Waals surface area contributed by atoms with Gasteiger partial charge in [-0.15, -0.1) is 0 Å². The Morgan fingerprint density at radius 1 is 0.967 bits per heavy atom. The maximum atomic E-state index is 14.2. The van der Waals surface area contributed by atoms with Crippen LogP contribution in [0.25, 0.3) is 11.3 Å². The number of rotatable bonds is 19. The van der Waals surface area contributed by atoms with Crippen LogP contribution in [-0.2, 0) is 45.7 Å². The van der Waals surface area contributed by atoms with Crippen LogP contribution in [0.4, 0.5) is 0 Å². The smallest absolute Gasteiger partial charge is 0.307 e. The number of aliphatic hydroxyl groups excluding tert-OH is 1. The van der Waals surface area contributed by atoms with Crippen LogP contribution in [0.15, 0.2) is 72.9 Å². The Morgan fingerprint density at radius 2 is 1.66 bits per heavy atom. The summed E-state index contributed by atoms with van der Waals surface area (Å²) in [6, 6.07) is 17.2. The molecule has 16 heteroatoms. The van der Waals surface area contributed by atoms with Crippen LogP contribution in [0, 0.1) is 11.8 Å². The number of piperidine rings is 1. The Kier molecular flexibility index (Phi) is 16.4.